The zero-order chi connectivity index (χ0) is 12.0. The normalized spacial score (nSPS) is 10.1. The minimum Gasteiger partial charge on any atom is -0.494 e. The minimum absolute atomic E-state index is 0.146. The molecule has 0 atom stereocenters. The number of rotatable bonds is 6. The van der Waals surface area contributed by atoms with Crippen LogP contribution in [0.2, 0.25) is 0 Å². The van der Waals surface area contributed by atoms with Crippen molar-refractivity contribution in [3.8, 4) is 5.75 Å². The molecule has 0 amide bonds. The number of aryl methyl sites for hydroxylation is 2. The van der Waals surface area contributed by atoms with E-state index in [-0.39, 0.29) is 6.42 Å². The van der Waals surface area contributed by atoms with E-state index in [1.807, 2.05) is 25.1 Å². The van der Waals surface area contributed by atoms with Gasteiger partial charge in [-0.1, -0.05) is 19.1 Å². The van der Waals surface area contributed by atoms with Gasteiger partial charge in [0.25, 0.3) is 0 Å². The summed E-state index contributed by atoms with van der Waals surface area (Å²) in [6, 6.07) is 5.99. The molecule has 0 fully saturated rings. The molecule has 3 nitrogen and oxygen atoms in total. The van der Waals surface area contributed by atoms with Crippen molar-refractivity contribution in [1.29, 1.82) is 0 Å². The van der Waals surface area contributed by atoms with Crippen LogP contribution in [-0.2, 0) is 17.6 Å². The highest BCUT2D eigenvalue weighted by atomic mass is 16.5. The van der Waals surface area contributed by atoms with Gasteiger partial charge in [-0.15, -0.1) is 0 Å². The third-order valence-corrected chi connectivity index (χ3v) is 2.44. The van der Waals surface area contributed by atoms with Gasteiger partial charge in [0, 0.05) is 6.42 Å². The first kappa shape index (κ1) is 12.6. The molecule has 88 valence electrons. The second-order valence-corrected chi connectivity index (χ2v) is 3.62. The van der Waals surface area contributed by atoms with E-state index < -0.39 is 5.97 Å². The number of ether oxygens (including phenoxy) is 1. The van der Waals surface area contributed by atoms with E-state index in [1.165, 1.54) is 5.56 Å². The van der Waals surface area contributed by atoms with Crippen LogP contribution < -0.4 is 4.74 Å². The number of benzene rings is 1. The van der Waals surface area contributed by atoms with Crippen molar-refractivity contribution in [3.63, 3.8) is 0 Å². The average molecular weight is 222 g/mol. The Morgan fingerprint density at radius 2 is 2.12 bits per heavy atom. The predicted molar refractivity (Wildman–Crippen MR) is 62.9 cm³/mol. The highest BCUT2D eigenvalue weighted by Crippen LogP contribution is 2.22. The number of carboxylic acid groups (broad SMARTS) is 1. The van der Waals surface area contributed by atoms with Gasteiger partial charge in [0.15, 0.2) is 0 Å². The molecule has 1 aromatic rings. The van der Waals surface area contributed by atoms with E-state index in [0.717, 1.165) is 17.7 Å². The molecule has 16 heavy (non-hydrogen) atoms. The molecule has 0 aromatic heterocycles. The Bertz CT molecular complexity index is 358. The van der Waals surface area contributed by atoms with Crippen molar-refractivity contribution in [2.75, 3.05) is 6.61 Å². The smallest absolute Gasteiger partial charge is 0.303 e. The van der Waals surface area contributed by atoms with Crippen molar-refractivity contribution >= 4 is 5.97 Å². The largest absolute Gasteiger partial charge is 0.494 e. The summed E-state index contributed by atoms with van der Waals surface area (Å²) in [4.78, 5) is 10.6. The molecule has 1 rings (SSSR count). The summed E-state index contributed by atoms with van der Waals surface area (Å²) < 4.78 is 5.48. The zero-order valence-corrected chi connectivity index (χ0v) is 9.82. The molecular weight excluding hydrogens is 204 g/mol. The Hall–Kier alpha value is -1.51. The molecule has 0 radical (unpaired) electrons. The number of hydrogen-bond donors (Lipinski definition) is 1. The van der Waals surface area contributed by atoms with Gasteiger partial charge < -0.3 is 9.84 Å². The molecule has 3 heteroatoms. The van der Waals surface area contributed by atoms with Crippen molar-refractivity contribution in [2.24, 2.45) is 0 Å². The molecule has 1 N–H and O–H groups in total. The lowest BCUT2D eigenvalue weighted by molar-refractivity contribution is -0.136. The maximum Gasteiger partial charge on any atom is 0.303 e. The van der Waals surface area contributed by atoms with Crippen LogP contribution in [0.5, 0.6) is 5.75 Å². The monoisotopic (exact) mass is 222 g/mol. The molecule has 0 aliphatic heterocycles. The van der Waals surface area contributed by atoms with E-state index in [0.29, 0.717) is 13.0 Å². The molecule has 0 aliphatic carbocycles. The molecule has 0 heterocycles. The zero-order valence-electron chi connectivity index (χ0n) is 9.82. The first-order valence-electron chi connectivity index (χ1n) is 5.63. The van der Waals surface area contributed by atoms with Gasteiger partial charge in [-0.05, 0) is 37.0 Å². The van der Waals surface area contributed by atoms with Crippen LogP contribution in [0, 0.1) is 0 Å². The SMILES string of the molecule is CCOc1ccc(CC)cc1CCC(=O)O. The van der Waals surface area contributed by atoms with Gasteiger partial charge >= 0.3 is 5.97 Å². The fourth-order valence-corrected chi connectivity index (χ4v) is 1.59. The standard InChI is InChI=1S/C13H18O3/c1-3-10-5-7-12(16-4-2)11(9-10)6-8-13(14)15/h5,7,9H,3-4,6,8H2,1-2H3,(H,14,15). The Kier molecular flexibility index (Phi) is 4.83. The fraction of sp³-hybridized carbons (Fsp3) is 0.462. The summed E-state index contributed by atoms with van der Waals surface area (Å²) in [5.74, 6) is 0.0327. The van der Waals surface area contributed by atoms with Crippen LogP contribution in [-0.4, -0.2) is 17.7 Å². The summed E-state index contributed by atoms with van der Waals surface area (Å²) in [7, 11) is 0. The number of carboxylic acids is 1. The molecule has 0 spiro atoms. The molecule has 0 unspecified atom stereocenters. The number of hydrogen-bond acceptors (Lipinski definition) is 2. The first-order chi connectivity index (χ1) is 7.67. The number of aliphatic carboxylic acids is 1. The summed E-state index contributed by atoms with van der Waals surface area (Å²) in [5, 5.41) is 8.68. The van der Waals surface area contributed by atoms with E-state index >= 15 is 0 Å². The van der Waals surface area contributed by atoms with Crippen molar-refractivity contribution in [3.05, 3.63) is 29.3 Å². The van der Waals surface area contributed by atoms with E-state index in [4.69, 9.17) is 9.84 Å². The van der Waals surface area contributed by atoms with E-state index in [9.17, 15) is 4.79 Å². The van der Waals surface area contributed by atoms with E-state index in [2.05, 4.69) is 6.92 Å². The summed E-state index contributed by atoms with van der Waals surface area (Å²) in [5.41, 5.74) is 2.20. The molecule has 0 saturated heterocycles. The lowest BCUT2D eigenvalue weighted by Crippen LogP contribution is -2.02. The van der Waals surface area contributed by atoms with Crippen LogP contribution in [0.25, 0.3) is 0 Å². The summed E-state index contributed by atoms with van der Waals surface area (Å²) in [6.07, 6.45) is 1.62. The van der Waals surface area contributed by atoms with Crippen LogP contribution in [0.4, 0.5) is 0 Å². The average Bonchev–Trinajstić information content (AvgIpc) is 2.28. The highest BCUT2D eigenvalue weighted by Gasteiger charge is 2.06. The second kappa shape index (κ2) is 6.16. The predicted octanol–water partition coefficient (Wildman–Crippen LogP) is 2.66. The Morgan fingerprint density at radius 1 is 1.38 bits per heavy atom. The quantitative estimate of drug-likeness (QED) is 0.804. The maximum absolute atomic E-state index is 10.6. The van der Waals surface area contributed by atoms with Crippen LogP contribution >= 0.6 is 0 Å². The first-order valence-corrected chi connectivity index (χ1v) is 5.63. The van der Waals surface area contributed by atoms with Crippen molar-refractivity contribution in [1.82, 2.24) is 0 Å². The van der Waals surface area contributed by atoms with Crippen LogP contribution in [0.3, 0.4) is 0 Å². The minimum atomic E-state index is -0.774. The molecule has 1 aromatic carbocycles. The summed E-state index contributed by atoms with van der Waals surface area (Å²) in [6.45, 7) is 4.61. The van der Waals surface area contributed by atoms with Gasteiger partial charge in [-0.2, -0.15) is 0 Å². The van der Waals surface area contributed by atoms with Crippen molar-refractivity contribution < 1.29 is 14.6 Å². The highest BCUT2D eigenvalue weighted by molar-refractivity contribution is 5.67. The maximum atomic E-state index is 10.6. The molecule has 0 saturated carbocycles. The Labute approximate surface area is 96.1 Å². The van der Waals surface area contributed by atoms with Crippen LogP contribution in [0.1, 0.15) is 31.4 Å². The lowest BCUT2D eigenvalue weighted by atomic mass is 10.0. The summed E-state index contributed by atoms with van der Waals surface area (Å²) >= 11 is 0. The lowest BCUT2D eigenvalue weighted by Gasteiger charge is -2.10. The van der Waals surface area contributed by atoms with Gasteiger partial charge in [-0.25, -0.2) is 0 Å². The van der Waals surface area contributed by atoms with Gasteiger partial charge in [0.1, 0.15) is 5.75 Å². The van der Waals surface area contributed by atoms with Gasteiger partial charge in [0.05, 0.1) is 6.61 Å². The Morgan fingerprint density at radius 3 is 2.69 bits per heavy atom. The fourth-order valence-electron chi connectivity index (χ4n) is 1.59. The van der Waals surface area contributed by atoms with E-state index in [1.54, 1.807) is 0 Å². The molecular formula is C13H18O3. The van der Waals surface area contributed by atoms with Gasteiger partial charge in [-0.3, -0.25) is 4.79 Å². The Balaban J connectivity index is 2.86. The second-order valence-electron chi connectivity index (χ2n) is 3.62. The van der Waals surface area contributed by atoms with Crippen LogP contribution in [0.15, 0.2) is 18.2 Å². The topological polar surface area (TPSA) is 46.5 Å². The third-order valence-electron chi connectivity index (χ3n) is 2.44. The molecule has 0 bridgehead atoms. The third kappa shape index (κ3) is 3.57. The van der Waals surface area contributed by atoms with Crippen molar-refractivity contribution in [2.45, 2.75) is 33.1 Å². The molecule has 0 aliphatic rings. The van der Waals surface area contributed by atoms with Gasteiger partial charge in [0.2, 0.25) is 0 Å². The number of carbonyl (C=O) groups is 1.